The third kappa shape index (κ3) is 4.11. The SMILES string of the molecule is COc1ccc2nc(C)cc(OCC(=O)Nc3cc(C)cc(C)c3)c2c1. The van der Waals surface area contributed by atoms with Crippen molar-refractivity contribution in [3.63, 3.8) is 0 Å². The maximum Gasteiger partial charge on any atom is 0.262 e. The molecule has 0 aliphatic carbocycles. The zero-order valence-electron chi connectivity index (χ0n) is 15.4. The van der Waals surface area contributed by atoms with Crippen molar-refractivity contribution in [3.05, 3.63) is 59.3 Å². The van der Waals surface area contributed by atoms with E-state index >= 15 is 0 Å². The van der Waals surface area contributed by atoms with E-state index in [1.54, 1.807) is 7.11 Å². The molecule has 0 saturated heterocycles. The number of hydrogen-bond donors (Lipinski definition) is 1. The number of aryl methyl sites for hydroxylation is 3. The lowest BCUT2D eigenvalue weighted by molar-refractivity contribution is -0.118. The highest BCUT2D eigenvalue weighted by molar-refractivity contribution is 5.93. The summed E-state index contributed by atoms with van der Waals surface area (Å²) in [5.74, 6) is 1.12. The molecule has 0 bridgehead atoms. The molecule has 0 saturated carbocycles. The molecule has 134 valence electrons. The number of benzene rings is 2. The van der Waals surface area contributed by atoms with Gasteiger partial charge in [-0.15, -0.1) is 0 Å². The second-order valence-corrected chi connectivity index (χ2v) is 6.36. The van der Waals surface area contributed by atoms with E-state index in [0.717, 1.165) is 33.4 Å². The zero-order valence-corrected chi connectivity index (χ0v) is 15.4. The average Bonchev–Trinajstić information content (AvgIpc) is 2.58. The largest absolute Gasteiger partial charge is 0.497 e. The number of rotatable bonds is 5. The highest BCUT2D eigenvalue weighted by atomic mass is 16.5. The van der Waals surface area contributed by atoms with E-state index in [1.807, 2.05) is 57.2 Å². The smallest absolute Gasteiger partial charge is 0.262 e. The summed E-state index contributed by atoms with van der Waals surface area (Å²) in [5, 5.41) is 3.69. The van der Waals surface area contributed by atoms with Crippen molar-refractivity contribution in [2.75, 3.05) is 19.0 Å². The number of amides is 1. The first-order chi connectivity index (χ1) is 12.4. The predicted molar refractivity (Wildman–Crippen MR) is 103 cm³/mol. The van der Waals surface area contributed by atoms with Crippen LogP contribution in [0.4, 0.5) is 5.69 Å². The van der Waals surface area contributed by atoms with Gasteiger partial charge in [0.2, 0.25) is 0 Å². The van der Waals surface area contributed by atoms with Crippen LogP contribution in [0.2, 0.25) is 0 Å². The Bertz CT molecular complexity index is 947. The van der Waals surface area contributed by atoms with Gasteiger partial charge in [0, 0.05) is 22.8 Å². The molecule has 1 N–H and O–H groups in total. The van der Waals surface area contributed by atoms with E-state index in [1.165, 1.54) is 0 Å². The van der Waals surface area contributed by atoms with E-state index in [9.17, 15) is 4.79 Å². The first kappa shape index (κ1) is 17.7. The summed E-state index contributed by atoms with van der Waals surface area (Å²) in [6, 6.07) is 13.3. The van der Waals surface area contributed by atoms with Gasteiger partial charge in [-0.1, -0.05) is 6.07 Å². The molecule has 0 atom stereocenters. The van der Waals surface area contributed by atoms with Crippen LogP contribution in [0.1, 0.15) is 16.8 Å². The summed E-state index contributed by atoms with van der Waals surface area (Å²) < 4.78 is 11.1. The van der Waals surface area contributed by atoms with Gasteiger partial charge in [0.15, 0.2) is 6.61 Å². The molecule has 0 unspecified atom stereocenters. The number of carbonyl (C=O) groups excluding carboxylic acids is 1. The molecule has 0 radical (unpaired) electrons. The van der Waals surface area contributed by atoms with E-state index in [-0.39, 0.29) is 12.5 Å². The number of nitrogens with zero attached hydrogens (tertiary/aromatic N) is 1. The number of carbonyl (C=O) groups is 1. The van der Waals surface area contributed by atoms with Crippen LogP contribution in [0.3, 0.4) is 0 Å². The van der Waals surface area contributed by atoms with Crippen molar-refractivity contribution in [1.29, 1.82) is 0 Å². The maximum atomic E-state index is 12.3. The standard InChI is InChI=1S/C21H22N2O3/c1-13-7-14(2)9-16(8-13)23-21(24)12-26-20-10-15(3)22-19-6-5-17(25-4)11-18(19)20/h5-11H,12H2,1-4H3,(H,23,24). The van der Waals surface area contributed by atoms with Crippen LogP contribution < -0.4 is 14.8 Å². The van der Waals surface area contributed by atoms with Crippen molar-refractivity contribution >= 4 is 22.5 Å². The molecule has 2 aromatic carbocycles. The molecule has 1 aromatic heterocycles. The Morgan fingerprint density at radius 3 is 2.46 bits per heavy atom. The van der Waals surface area contributed by atoms with Gasteiger partial charge in [0.05, 0.1) is 12.6 Å². The summed E-state index contributed by atoms with van der Waals surface area (Å²) in [6.45, 7) is 5.81. The quantitative estimate of drug-likeness (QED) is 0.750. The summed E-state index contributed by atoms with van der Waals surface area (Å²) in [5.41, 5.74) is 4.60. The molecule has 5 heteroatoms. The second-order valence-electron chi connectivity index (χ2n) is 6.36. The fourth-order valence-corrected chi connectivity index (χ4v) is 2.93. The molecule has 1 heterocycles. The van der Waals surface area contributed by atoms with Crippen LogP contribution in [-0.2, 0) is 4.79 Å². The monoisotopic (exact) mass is 350 g/mol. The van der Waals surface area contributed by atoms with Gasteiger partial charge in [0.25, 0.3) is 5.91 Å². The number of nitrogens with one attached hydrogen (secondary N) is 1. The lowest BCUT2D eigenvalue weighted by atomic mass is 10.1. The minimum Gasteiger partial charge on any atom is -0.497 e. The highest BCUT2D eigenvalue weighted by Crippen LogP contribution is 2.29. The topological polar surface area (TPSA) is 60.5 Å². The van der Waals surface area contributed by atoms with E-state index in [4.69, 9.17) is 9.47 Å². The molecule has 5 nitrogen and oxygen atoms in total. The molecule has 0 aliphatic rings. The van der Waals surface area contributed by atoms with Gasteiger partial charge in [-0.05, 0) is 62.2 Å². The number of pyridine rings is 1. The highest BCUT2D eigenvalue weighted by Gasteiger charge is 2.10. The number of hydrogen-bond acceptors (Lipinski definition) is 4. The van der Waals surface area contributed by atoms with Crippen LogP contribution >= 0.6 is 0 Å². The van der Waals surface area contributed by atoms with E-state index < -0.39 is 0 Å². The maximum absolute atomic E-state index is 12.3. The summed E-state index contributed by atoms with van der Waals surface area (Å²) in [7, 11) is 1.61. The molecule has 26 heavy (non-hydrogen) atoms. The Morgan fingerprint density at radius 1 is 1.04 bits per heavy atom. The summed E-state index contributed by atoms with van der Waals surface area (Å²) in [6.07, 6.45) is 0. The van der Waals surface area contributed by atoms with Crippen LogP contribution in [-0.4, -0.2) is 24.6 Å². The van der Waals surface area contributed by atoms with Gasteiger partial charge in [0.1, 0.15) is 11.5 Å². The fourth-order valence-electron chi connectivity index (χ4n) is 2.93. The Hall–Kier alpha value is -3.08. The fraction of sp³-hybridized carbons (Fsp3) is 0.238. The minimum atomic E-state index is -0.208. The molecular formula is C21H22N2O3. The zero-order chi connectivity index (χ0) is 18.7. The van der Waals surface area contributed by atoms with E-state index in [2.05, 4.69) is 16.4 Å². The lowest BCUT2D eigenvalue weighted by Crippen LogP contribution is -2.20. The third-order valence-corrected chi connectivity index (χ3v) is 3.97. The first-order valence-electron chi connectivity index (χ1n) is 8.41. The third-order valence-electron chi connectivity index (χ3n) is 3.97. The van der Waals surface area contributed by atoms with Crippen molar-refractivity contribution in [2.24, 2.45) is 0 Å². The first-order valence-corrected chi connectivity index (χ1v) is 8.41. The van der Waals surface area contributed by atoms with E-state index in [0.29, 0.717) is 11.5 Å². The van der Waals surface area contributed by atoms with Crippen molar-refractivity contribution < 1.29 is 14.3 Å². The number of fused-ring (bicyclic) bond motifs is 1. The van der Waals surface area contributed by atoms with Gasteiger partial charge in [-0.3, -0.25) is 9.78 Å². The molecule has 3 aromatic rings. The molecule has 0 spiro atoms. The molecular weight excluding hydrogens is 328 g/mol. The predicted octanol–water partition coefficient (Wildman–Crippen LogP) is 4.19. The molecule has 1 amide bonds. The Balaban J connectivity index is 1.77. The minimum absolute atomic E-state index is 0.0806. The lowest BCUT2D eigenvalue weighted by Gasteiger charge is -2.12. The summed E-state index contributed by atoms with van der Waals surface area (Å²) >= 11 is 0. The van der Waals surface area contributed by atoms with Crippen LogP contribution in [0.15, 0.2) is 42.5 Å². The van der Waals surface area contributed by atoms with Gasteiger partial charge in [-0.2, -0.15) is 0 Å². The van der Waals surface area contributed by atoms with Crippen LogP contribution in [0.25, 0.3) is 10.9 Å². The van der Waals surface area contributed by atoms with Crippen LogP contribution in [0.5, 0.6) is 11.5 Å². The second kappa shape index (κ2) is 7.44. The summed E-state index contributed by atoms with van der Waals surface area (Å²) in [4.78, 5) is 16.8. The van der Waals surface area contributed by atoms with Crippen LogP contribution in [0, 0.1) is 20.8 Å². The van der Waals surface area contributed by atoms with Gasteiger partial charge in [-0.25, -0.2) is 0 Å². The van der Waals surface area contributed by atoms with Gasteiger partial charge < -0.3 is 14.8 Å². The molecule has 0 aliphatic heterocycles. The number of anilines is 1. The molecule has 0 fully saturated rings. The van der Waals surface area contributed by atoms with Gasteiger partial charge >= 0.3 is 0 Å². The Kier molecular flexibility index (Phi) is 5.07. The van der Waals surface area contributed by atoms with Crippen molar-refractivity contribution in [3.8, 4) is 11.5 Å². The van der Waals surface area contributed by atoms with Crippen molar-refractivity contribution in [2.45, 2.75) is 20.8 Å². The Morgan fingerprint density at radius 2 is 1.77 bits per heavy atom. The Labute approximate surface area is 153 Å². The normalized spacial score (nSPS) is 10.6. The number of ether oxygens (including phenoxy) is 2. The number of methoxy groups -OCH3 is 1. The van der Waals surface area contributed by atoms with Crippen molar-refractivity contribution in [1.82, 2.24) is 4.98 Å². The molecule has 3 rings (SSSR count). The number of aromatic nitrogens is 1. The average molecular weight is 350 g/mol.